The SMILES string of the molecule is CC(=O)C=C(O)C=Cc1ccccc1. The minimum atomic E-state index is -0.166. The highest BCUT2D eigenvalue weighted by atomic mass is 16.3. The second-order valence-corrected chi connectivity index (χ2v) is 2.92. The summed E-state index contributed by atoms with van der Waals surface area (Å²) in [5.74, 6) is -0.193. The van der Waals surface area contributed by atoms with Gasteiger partial charge in [-0.05, 0) is 18.6 Å². The predicted molar refractivity (Wildman–Crippen MR) is 56.9 cm³/mol. The number of rotatable bonds is 3. The van der Waals surface area contributed by atoms with E-state index in [0.717, 1.165) is 5.56 Å². The molecule has 0 radical (unpaired) electrons. The summed E-state index contributed by atoms with van der Waals surface area (Å²) in [5, 5.41) is 9.23. The van der Waals surface area contributed by atoms with E-state index in [1.165, 1.54) is 19.1 Å². The van der Waals surface area contributed by atoms with Gasteiger partial charge in [0.1, 0.15) is 5.76 Å². The Hall–Kier alpha value is -1.83. The predicted octanol–water partition coefficient (Wildman–Crippen LogP) is 2.73. The van der Waals surface area contributed by atoms with Gasteiger partial charge in [-0.15, -0.1) is 0 Å². The van der Waals surface area contributed by atoms with Crippen LogP contribution in [0.1, 0.15) is 12.5 Å². The number of hydrogen-bond donors (Lipinski definition) is 1. The van der Waals surface area contributed by atoms with Crippen LogP contribution in [0, 0.1) is 0 Å². The van der Waals surface area contributed by atoms with Crippen molar-refractivity contribution in [3.63, 3.8) is 0 Å². The van der Waals surface area contributed by atoms with E-state index in [4.69, 9.17) is 0 Å². The molecule has 0 aromatic heterocycles. The van der Waals surface area contributed by atoms with Gasteiger partial charge in [0.2, 0.25) is 0 Å². The monoisotopic (exact) mass is 188 g/mol. The van der Waals surface area contributed by atoms with Gasteiger partial charge in [-0.3, -0.25) is 4.79 Å². The number of hydrogen-bond acceptors (Lipinski definition) is 2. The number of aliphatic hydroxyl groups is 1. The van der Waals surface area contributed by atoms with Crippen molar-refractivity contribution in [2.45, 2.75) is 6.92 Å². The highest BCUT2D eigenvalue weighted by Gasteiger charge is 1.89. The molecule has 0 fully saturated rings. The molecule has 0 saturated carbocycles. The standard InChI is InChI=1S/C12H12O2/c1-10(13)9-12(14)8-7-11-5-3-2-4-6-11/h2-9,14H,1H3. The molecule has 1 rings (SSSR count). The Bertz CT molecular complexity index is 361. The highest BCUT2D eigenvalue weighted by molar-refractivity contribution is 5.88. The number of ketones is 1. The minimum absolute atomic E-state index is 0.0265. The fourth-order valence-corrected chi connectivity index (χ4v) is 1.00. The van der Waals surface area contributed by atoms with Crippen LogP contribution in [0.25, 0.3) is 6.08 Å². The molecular weight excluding hydrogens is 176 g/mol. The van der Waals surface area contributed by atoms with Gasteiger partial charge in [-0.1, -0.05) is 36.4 Å². The first-order valence-electron chi connectivity index (χ1n) is 4.33. The van der Waals surface area contributed by atoms with Crippen molar-refractivity contribution in [3.8, 4) is 0 Å². The van der Waals surface area contributed by atoms with E-state index in [1.54, 1.807) is 6.08 Å². The molecule has 2 nitrogen and oxygen atoms in total. The van der Waals surface area contributed by atoms with Crippen LogP contribution in [0.4, 0.5) is 0 Å². The molecule has 1 aromatic rings. The molecule has 2 heteroatoms. The quantitative estimate of drug-likeness (QED) is 0.450. The third-order valence-electron chi connectivity index (χ3n) is 1.60. The van der Waals surface area contributed by atoms with Crippen molar-refractivity contribution in [1.29, 1.82) is 0 Å². The van der Waals surface area contributed by atoms with Crippen molar-refractivity contribution in [1.82, 2.24) is 0 Å². The van der Waals surface area contributed by atoms with E-state index < -0.39 is 0 Å². The van der Waals surface area contributed by atoms with Crippen LogP contribution < -0.4 is 0 Å². The maximum absolute atomic E-state index is 10.6. The Morgan fingerprint density at radius 2 is 1.93 bits per heavy atom. The zero-order valence-corrected chi connectivity index (χ0v) is 7.97. The van der Waals surface area contributed by atoms with E-state index in [1.807, 2.05) is 30.3 Å². The second kappa shape index (κ2) is 5.02. The van der Waals surface area contributed by atoms with Gasteiger partial charge in [0.25, 0.3) is 0 Å². The Morgan fingerprint density at radius 3 is 2.50 bits per heavy atom. The van der Waals surface area contributed by atoms with Crippen molar-refractivity contribution < 1.29 is 9.90 Å². The van der Waals surface area contributed by atoms with E-state index in [2.05, 4.69) is 0 Å². The highest BCUT2D eigenvalue weighted by Crippen LogP contribution is 2.03. The lowest BCUT2D eigenvalue weighted by atomic mass is 10.2. The summed E-state index contributed by atoms with van der Waals surface area (Å²) < 4.78 is 0. The van der Waals surface area contributed by atoms with Crippen LogP contribution in [-0.4, -0.2) is 10.9 Å². The zero-order chi connectivity index (χ0) is 10.4. The molecule has 0 unspecified atom stereocenters. The second-order valence-electron chi connectivity index (χ2n) is 2.92. The van der Waals surface area contributed by atoms with Crippen LogP contribution >= 0.6 is 0 Å². The molecule has 0 aliphatic heterocycles. The molecule has 0 saturated heterocycles. The normalized spacial score (nSPS) is 11.9. The third-order valence-corrected chi connectivity index (χ3v) is 1.60. The molecule has 0 bridgehead atoms. The molecular formula is C12H12O2. The maximum atomic E-state index is 10.6. The summed E-state index contributed by atoms with van der Waals surface area (Å²) in [7, 11) is 0. The van der Waals surface area contributed by atoms with E-state index in [9.17, 15) is 9.90 Å². The minimum Gasteiger partial charge on any atom is -0.508 e. The largest absolute Gasteiger partial charge is 0.508 e. The number of carbonyl (C=O) groups is 1. The van der Waals surface area contributed by atoms with Gasteiger partial charge in [-0.25, -0.2) is 0 Å². The molecule has 0 heterocycles. The van der Waals surface area contributed by atoms with Gasteiger partial charge in [0.05, 0.1) is 0 Å². The first-order chi connectivity index (χ1) is 6.68. The number of allylic oxidation sites excluding steroid dienone is 2. The van der Waals surface area contributed by atoms with Crippen LogP contribution in [0.15, 0.2) is 48.2 Å². The van der Waals surface area contributed by atoms with Crippen LogP contribution in [-0.2, 0) is 4.79 Å². The summed E-state index contributed by atoms with van der Waals surface area (Å²) in [5.41, 5.74) is 0.982. The number of benzene rings is 1. The molecule has 0 spiro atoms. The summed E-state index contributed by atoms with van der Waals surface area (Å²) in [4.78, 5) is 10.6. The summed E-state index contributed by atoms with van der Waals surface area (Å²) in [6.07, 6.45) is 4.42. The van der Waals surface area contributed by atoms with Crippen LogP contribution in [0.5, 0.6) is 0 Å². The Kier molecular flexibility index (Phi) is 3.68. The molecule has 0 amide bonds. The molecule has 14 heavy (non-hydrogen) atoms. The molecule has 72 valence electrons. The smallest absolute Gasteiger partial charge is 0.156 e. The number of aliphatic hydroxyl groups excluding tert-OH is 1. The average Bonchev–Trinajstić information content (AvgIpc) is 2.15. The van der Waals surface area contributed by atoms with Gasteiger partial charge < -0.3 is 5.11 Å². The Morgan fingerprint density at radius 1 is 1.29 bits per heavy atom. The van der Waals surface area contributed by atoms with Gasteiger partial charge >= 0.3 is 0 Å². The topological polar surface area (TPSA) is 37.3 Å². The first-order valence-corrected chi connectivity index (χ1v) is 4.33. The van der Waals surface area contributed by atoms with E-state index in [0.29, 0.717) is 0 Å². The van der Waals surface area contributed by atoms with Crippen molar-refractivity contribution in [2.75, 3.05) is 0 Å². The van der Waals surface area contributed by atoms with Crippen LogP contribution in [0.2, 0.25) is 0 Å². The summed E-state index contributed by atoms with van der Waals surface area (Å²) in [6, 6.07) is 9.56. The van der Waals surface area contributed by atoms with Crippen molar-refractivity contribution >= 4 is 11.9 Å². The fraction of sp³-hybridized carbons (Fsp3) is 0.0833. The summed E-state index contributed by atoms with van der Waals surface area (Å²) in [6.45, 7) is 1.40. The lowest BCUT2D eigenvalue weighted by Crippen LogP contribution is -1.84. The van der Waals surface area contributed by atoms with Crippen LogP contribution in [0.3, 0.4) is 0 Å². The average molecular weight is 188 g/mol. The third kappa shape index (κ3) is 3.72. The van der Waals surface area contributed by atoms with Gasteiger partial charge in [-0.2, -0.15) is 0 Å². The summed E-state index contributed by atoms with van der Waals surface area (Å²) >= 11 is 0. The van der Waals surface area contributed by atoms with E-state index >= 15 is 0 Å². The Labute approximate surface area is 83.2 Å². The van der Waals surface area contributed by atoms with Crippen molar-refractivity contribution in [3.05, 3.63) is 53.8 Å². The first kappa shape index (κ1) is 10.3. The molecule has 0 aliphatic rings. The van der Waals surface area contributed by atoms with Crippen molar-refractivity contribution in [2.24, 2.45) is 0 Å². The van der Waals surface area contributed by atoms with Gasteiger partial charge in [0, 0.05) is 6.08 Å². The zero-order valence-electron chi connectivity index (χ0n) is 7.97. The molecule has 0 atom stereocenters. The molecule has 1 N–H and O–H groups in total. The lowest BCUT2D eigenvalue weighted by Gasteiger charge is -1.91. The van der Waals surface area contributed by atoms with Gasteiger partial charge in [0.15, 0.2) is 5.78 Å². The lowest BCUT2D eigenvalue weighted by molar-refractivity contribution is -0.112. The maximum Gasteiger partial charge on any atom is 0.156 e. The Balaban J connectivity index is 2.70. The fourth-order valence-electron chi connectivity index (χ4n) is 1.00. The molecule has 1 aromatic carbocycles. The number of carbonyl (C=O) groups excluding carboxylic acids is 1. The van der Waals surface area contributed by atoms with E-state index in [-0.39, 0.29) is 11.5 Å². The molecule has 0 aliphatic carbocycles.